The third-order valence-corrected chi connectivity index (χ3v) is 8.76. The first-order valence-corrected chi connectivity index (χ1v) is 14.5. The molecule has 0 saturated heterocycles. The van der Waals surface area contributed by atoms with Gasteiger partial charge >= 0.3 is 6.09 Å². The minimum Gasteiger partial charge on any atom is -0.453 e. The van der Waals surface area contributed by atoms with Gasteiger partial charge in [-0.05, 0) is 69.1 Å². The molecule has 0 radical (unpaired) electrons. The normalized spacial score (nSPS) is 25.3. The SMILES string of the molecule is COC(=O)N(C)[C@H]1CC[C@H](CC(=O)Nc2cnc(-c3ccc([C@]4(N)C[C@](C)(O)C4)cc3)c(-c3ccccc3F)c2)CC1. The van der Waals surface area contributed by atoms with E-state index in [2.05, 4.69) is 10.3 Å². The highest BCUT2D eigenvalue weighted by molar-refractivity contribution is 5.93. The van der Waals surface area contributed by atoms with Gasteiger partial charge in [0.15, 0.2) is 0 Å². The Labute approximate surface area is 246 Å². The van der Waals surface area contributed by atoms with Crippen LogP contribution in [0.4, 0.5) is 14.9 Å². The van der Waals surface area contributed by atoms with Crippen molar-refractivity contribution >= 4 is 17.7 Å². The lowest BCUT2D eigenvalue weighted by Gasteiger charge is -2.49. The molecule has 2 aromatic carbocycles. The van der Waals surface area contributed by atoms with Crippen LogP contribution in [0, 0.1) is 11.7 Å². The van der Waals surface area contributed by atoms with E-state index in [-0.39, 0.29) is 29.8 Å². The van der Waals surface area contributed by atoms with Gasteiger partial charge in [0.25, 0.3) is 0 Å². The predicted molar refractivity (Wildman–Crippen MR) is 160 cm³/mol. The third-order valence-electron chi connectivity index (χ3n) is 8.76. The highest BCUT2D eigenvalue weighted by Crippen LogP contribution is 2.46. The quantitative estimate of drug-likeness (QED) is 0.326. The molecule has 2 aliphatic rings. The molecule has 0 aliphatic heterocycles. The number of aliphatic hydroxyl groups is 1. The summed E-state index contributed by atoms with van der Waals surface area (Å²) in [5.41, 5.74) is 8.94. The minimum atomic E-state index is -0.756. The van der Waals surface area contributed by atoms with Crippen LogP contribution in [0.3, 0.4) is 0 Å². The molecule has 3 aromatic rings. The number of nitrogens with zero attached hydrogens (tertiary/aromatic N) is 2. The number of hydrogen-bond acceptors (Lipinski definition) is 6. The van der Waals surface area contributed by atoms with Crippen LogP contribution in [-0.4, -0.2) is 52.8 Å². The molecule has 42 heavy (non-hydrogen) atoms. The summed E-state index contributed by atoms with van der Waals surface area (Å²) in [6, 6.07) is 16.1. The average Bonchev–Trinajstić information content (AvgIpc) is 2.96. The van der Waals surface area contributed by atoms with Crippen molar-refractivity contribution in [2.45, 2.75) is 69.1 Å². The zero-order valence-corrected chi connectivity index (χ0v) is 24.4. The molecule has 2 aliphatic carbocycles. The van der Waals surface area contributed by atoms with Gasteiger partial charge < -0.3 is 25.8 Å². The van der Waals surface area contributed by atoms with E-state index in [4.69, 9.17) is 10.5 Å². The molecule has 2 saturated carbocycles. The molecule has 9 heteroatoms. The number of hydrogen-bond donors (Lipinski definition) is 3. The molecule has 0 bridgehead atoms. The Kier molecular flexibility index (Phi) is 8.35. The van der Waals surface area contributed by atoms with Crippen molar-refractivity contribution in [3.8, 4) is 22.4 Å². The van der Waals surface area contributed by atoms with E-state index in [1.54, 1.807) is 49.3 Å². The maximum absolute atomic E-state index is 15.0. The first-order valence-electron chi connectivity index (χ1n) is 14.5. The second kappa shape index (κ2) is 11.8. The van der Waals surface area contributed by atoms with Crippen molar-refractivity contribution in [2.75, 3.05) is 19.5 Å². The van der Waals surface area contributed by atoms with Crippen molar-refractivity contribution in [1.29, 1.82) is 0 Å². The Balaban J connectivity index is 1.31. The number of rotatable bonds is 7. The molecule has 0 spiro atoms. The Morgan fingerprint density at radius 2 is 1.76 bits per heavy atom. The number of aromatic nitrogens is 1. The molecular formula is C33H39FN4O4. The molecule has 8 nitrogen and oxygen atoms in total. The van der Waals surface area contributed by atoms with Gasteiger partial charge in [0.05, 0.1) is 30.3 Å². The van der Waals surface area contributed by atoms with Crippen LogP contribution in [0.15, 0.2) is 60.8 Å². The smallest absolute Gasteiger partial charge is 0.409 e. The molecular weight excluding hydrogens is 535 g/mol. The van der Waals surface area contributed by atoms with Crippen LogP contribution in [0.25, 0.3) is 22.4 Å². The highest BCUT2D eigenvalue weighted by Gasteiger charge is 2.49. The van der Waals surface area contributed by atoms with Crippen LogP contribution in [-0.2, 0) is 15.1 Å². The van der Waals surface area contributed by atoms with E-state index in [0.717, 1.165) is 36.8 Å². The molecule has 222 valence electrons. The standard InChI is InChI=1S/C33H39FN4O4/c1-32(41)19-33(35,20-32)23-12-10-22(11-13-23)30-27(26-6-4-5-7-28(26)34)17-24(18-36-30)37-29(39)16-21-8-14-25(15-9-21)38(2)31(40)42-3/h4-7,10-13,17-18,21,25,41H,8-9,14-16,19-20,35H2,1-3H3,(H,37,39)/t21-,25-,32-,33-. The molecule has 1 heterocycles. The van der Waals surface area contributed by atoms with Crippen molar-refractivity contribution in [2.24, 2.45) is 11.7 Å². The van der Waals surface area contributed by atoms with E-state index >= 15 is 0 Å². The Bertz CT molecular complexity index is 1440. The van der Waals surface area contributed by atoms with Crippen molar-refractivity contribution in [3.05, 3.63) is 72.2 Å². The number of anilines is 1. The number of ether oxygens (including phenoxy) is 1. The van der Waals surface area contributed by atoms with E-state index in [0.29, 0.717) is 41.8 Å². The molecule has 2 fully saturated rings. The maximum Gasteiger partial charge on any atom is 0.409 e. The van der Waals surface area contributed by atoms with Crippen LogP contribution >= 0.6 is 0 Å². The number of halogens is 1. The summed E-state index contributed by atoms with van der Waals surface area (Å²) < 4.78 is 19.8. The minimum absolute atomic E-state index is 0.116. The Hall–Kier alpha value is -3.82. The summed E-state index contributed by atoms with van der Waals surface area (Å²) in [6.07, 6.45) is 5.91. The first-order chi connectivity index (χ1) is 20.0. The first kappa shape index (κ1) is 29.7. The lowest BCUT2D eigenvalue weighted by atomic mass is 9.63. The van der Waals surface area contributed by atoms with Gasteiger partial charge in [-0.1, -0.05) is 42.5 Å². The Morgan fingerprint density at radius 3 is 2.38 bits per heavy atom. The summed E-state index contributed by atoms with van der Waals surface area (Å²) in [4.78, 5) is 31.1. The van der Waals surface area contributed by atoms with E-state index in [9.17, 15) is 19.1 Å². The second-order valence-electron chi connectivity index (χ2n) is 12.2. The largest absolute Gasteiger partial charge is 0.453 e. The molecule has 0 atom stereocenters. The van der Waals surface area contributed by atoms with Gasteiger partial charge in [0, 0.05) is 41.7 Å². The lowest BCUT2D eigenvalue weighted by molar-refractivity contribution is -0.117. The number of nitrogens with one attached hydrogen (secondary N) is 1. The number of amides is 2. The number of carbonyl (C=O) groups excluding carboxylic acids is 2. The predicted octanol–water partition coefficient (Wildman–Crippen LogP) is 5.84. The summed E-state index contributed by atoms with van der Waals surface area (Å²) in [5, 5.41) is 13.2. The van der Waals surface area contributed by atoms with Gasteiger partial charge in [-0.25, -0.2) is 9.18 Å². The fourth-order valence-corrected chi connectivity index (χ4v) is 6.62. The molecule has 1 aromatic heterocycles. The Morgan fingerprint density at radius 1 is 1.10 bits per heavy atom. The molecule has 4 N–H and O–H groups in total. The van der Waals surface area contributed by atoms with Crippen LogP contribution < -0.4 is 11.1 Å². The zero-order valence-electron chi connectivity index (χ0n) is 24.4. The average molecular weight is 575 g/mol. The van der Waals surface area contributed by atoms with Gasteiger partial charge in [-0.15, -0.1) is 0 Å². The molecule has 5 rings (SSSR count). The van der Waals surface area contributed by atoms with Crippen LogP contribution in [0.1, 0.15) is 57.4 Å². The summed E-state index contributed by atoms with van der Waals surface area (Å²) >= 11 is 0. The number of nitrogens with two attached hydrogens (primary N) is 1. The number of methoxy groups -OCH3 is 1. The second-order valence-corrected chi connectivity index (χ2v) is 12.2. The monoisotopic (exact) mass is 574 g/mol. The number of pyridine rings is 1. The number of carbonyl (C=O) groups is 2. The fourth-order valence-electron chi connectivity index (χ4n) is 6.62. The van der Waals surface area contributed by atoms with E-state index < -0.39 is 11.1 Å². The summed E-state index contributed by atoms with van der Waals surface area (Å²) in [5.74, 6) is -0.288. The van der Waals surface area contributed by atoms with Crippen molar-refractivity contribution in [1.82, 2.24) is 9.88 Å². The van der Waals surface area contributed by atoms with Gasteiger partial charge in [0.2, 0.25) is 5.91 Å². The molecule has 0 unspecified atom stereocenters. The van der Waals surface area contributed by atoms with Crippen molar-refractivity contribution in [3.63, 3.8) is 0 Å². The lowest BCUT2D eigenvalue weighted by Crippen LogP contribution is -2.58. The van der Waals surface area contributed by atoms with E-state index in [1.807, 2.05) is 24.3 Å². The van der Waals surface area contributed by atoms with Crippen LogP contribution in [0.2, 0.25) is 0 Å². The van der Waals surface area contributed by atoms with Gasteiger partial charge in [-0.3, -0.25) is 9.78 Å². The van der Waals surface area contributed by atoms with Gasteiger partial charge in [0.1, 0.15) is 5.82 Å². The zero-order chi connectivity index (χ0) is 30.1. The van der Waals surface area contributed by atoms with Crippen LogP contribution in [0.5, 0.6) is 0 Å². The topological polar surface area (TPSA) is 118 Å². The number of benzene rings is 2. The van der Waals surface area contributed by atoms with E-state index in [1.165, 1.54) is 13.2 Å². The maximum atomic E-state index is 15.0. The summed E-state index contributed by atoms with van der Waals surface area (Å²) in [7, 11) is 3.12. The fraction of sp³-hybridized carbons (Fsp3) is 0.424. The molecule has 2 amide bonds. The van der Waals surface area contributed by atoms with Crippen molar-refractivity contribution < 1.29 is 23.8 Å². The highest BCUT2D eigenvalue weighted by atomic mass is 19.1. The summed E-state index contributed by atoms with van der Waals surface area (Å²) in [6.45, 7) is 1.79. The van der Waals surface area contributed by atoms with Gasteiger partial charge in [-0.2, -0.15) is 0 Å². The third kappa shape index (κ3) is 6.32.